The second-order valence-electron chi connectivity index (χ2n) is 5.42. The van der Waals surface area contributed by atoms with Gasteiger partial charge in [-0.25, -0.2) is 4.18 Å². The van der Waals surface area contributed by atoms with Crippen LogP contribution < -0.4 is 11.5 Å². The minimum Gasteiger partial charge on any atom is -0.393 e. The van der Waals surface area contributed by atoms with Gasteiger partial charge < -0.3 is 31.9 Å². The highest BCUT2D eigenvalue weighted by Gasteiger charge is 2.34. The molecule has 0 aliphatic carbocycles. The number of nitrogens with two attached hydrogens (primary N) is 2. The zero-order valence-electron chi connectivity index (χ0n) is 14.7. The van der Waals surface area contributed by atoms with E-state index in [4.69, 9.17) is 31.9 Å². The number of rotatable bonds is 13. The van der Waals surface area contributed by atoms with E-state index in [0.29, 0.717) is 6.42 Å². The van der Waals surface area contributed by atoms with Gasteiger partial charge in [-0.05, 0) is 26.3 Å². The number of aliphatic hydroxyl groups is 4. The van der Waals surface area contributed by atoms with Crippen LogP contribution in [0.15, 0.2) is 0 Å². The molecule has 0 aromatic heterocycles. The van der Waals surface area contributed by atoms with Crippen molar-refractivity contribution in [2.24, 2.45) is 11.5 Å². The molecule has 0 aromatic carbocycles. The van der Waals surface area contributed by atoms with Gasteiger partial charge in [-0.15, -0.1) is 0 Å². The molecule has 0 radical (unpaired) electrons. The predicted molar refractivity (Wildman–Crippen MR) is 92.8 cm³/mol. The van der Waals surface area contributed by atoms with E-state index in [1.165, 1.54) is 0 Å². The molecule has 0 amide bonds. The largest absolute Gasteiger partial charge is 0.393 e. The smallest absolute Gasteiger partial charge is 0.269 e. The average molecular weight is 427 g/mol. The van der Waals surface area contributed by atoms with Crippen molar-refractivity contribution in [3.8, 4) is 0 Å². The maximum Gasteiger partial charge on any atom is 0.269 e. The van der Waals surface area contributed by atoms with E-state index >= 15 is 0 Å². The van der Waals surface area contributed by atoms with Crippen LogP contribution in [0.2, 0.25) is 0 Å². The van der Waals surface area contributed by atoms with Gasteiger partial charge in [0.05, 0.1) is 31.3 Å². The molecule has 0 aliphatic heterocycles. The molecule has 1 atom stereocenters. The summed E-state index contributed by atoms with van der Waals surface area (Å²) in [6, 6.07) is -0.174. The molecule has 0 spiro atoms. The van der Waals surface area contributed by atoms with Crippen LogP contribution in [0.4, 0.5) is 0 Å². The maximum atomic E-state index is 11.3. The Labute approximate surface area is 154 Å². The van der Waals surface area contributed by atoms with E-state index in [1.54, 1.807) is 6.92 Å². The first-order valence-corrected chi connectivity index (χ1v) is 10.8. The molecule has 0 fully saturated rings. The van der Waals surface area contributed by atoms with Gasteiger partial charge in [0.25, 0.3) is 20.2 Å². The summed E-state index contributed by atoms with van der Waals surface area (Å²) in [5, 5.41) is 34.6. The van der Waals surface area contributed by atoms with Crippen molar-refractivity contribution in [2.75, 3.05) is 44.7 Å². The standard InChI is InChI=1S/C7H17NO6S.C5H13NO4S/c8-2-1-3-15(12,13)14-7(4-9,5-10)6-11;1-5(6)2-3-11(8,9)10-4-7/h9-11H,1-6,8H2;5,7H,2-4,6H2,1H3. The number of hydrogen-bond acceptors (Lipinski definition) is 12. The van der Waals surface area contributed by atoms with E-state index in [2.05, 4.69) is 8.37 Å². The van der Waals surface area contributed by atoms with Gasteiger partial charge in [0.1, 0.15) is 0 Å². The molecule has 14 heteroatoms. The van der Waals surface area contributed by atoms with Crippen LogP contribution >= 0.6 is 0 Å². The zero-order valence-corrected chi connectivity index (χ0v) is 16.3. The van der Waals surface area contributed by atoms with Crippen molar-refractivity contribution in [2.45, 2.75) is 31.4 Å². The summed E-state index contributed by atoms with van der Waals surface area (Å²) in [6.07, 6.45) is 0.545. The molecular weight excluding hydrogens is 396 g/mol. The quantitative estimate of drug-likeness (QED) is 0.124. The molecule has 160 valence electrons. The second-order valence-corrected chi connectivity index (χ2v) is 8.87. The average Bonchev–Trinajstić information content (AvgIpc) is 2.57. The summed E-state index contributed by atoms with van der Waals surface area (Å²) in [5.74, 6) is -0.462. The van der Waals surface area contributed by atoms with E-state index in [0.717, 1.165) is 0 Å². The first-order valence-electron chi connectivity index (χ1n) is 7.62. The summed E-state index contributed by atoms with van der Waals surface area (Å²) in [5.41, 5.74) is 8.59. The summed E-state index contributed by atoms with van der Waals surface area (Å²) < 4.78 is 52.5. The molecule has 8 N–H and O–H groups in total. The van der Waals surface area contributed by atoms with Crippen molar-refractivity contribution >= 4 is 20.2 Å². The van der Waals surface area contributed by atoms with Gasteiger partial charge in [-0.1, -0.05) is 0 Å². The third kappa shape index (κ3) is 13.7. The Bertz CT molecular complexity index is 538. The first-order chi connectivity index (χ1) is 11.9. The fourth-order valence-corrected chi connectivity index (χ4v) is 3.51. The molecule has 0 rings (SSSR count). The lowest BCUT2D eigenvalue weighted by atomic mass is 10.1. The molecule has 0 bridgehead atoms. The first kappa shape index (κ1) is 27.8. The Balaban J connectivity index is 0. The monoisotopic (exact) mass is 426 g/mol. The maximum absolute atomic E-state index is 11.3. The highest BCUT2D eigenvalue weighted by molar-refractivity contribution is 7.86. The van der Waals surface area contributed by atoms with E-state index in [-0.39, 0.29) is 30.5 Å². The van der Waals surface area contributed by atoms with Crippen LogP contribution in [-0.4, -0.2) is 93.6 Å². The lowest BCUT2D eigenvalue weighted by Gasteiger charge is -2.26. The Morgan fingerprint density at radius 3 is 1.81 bits per heavy atom. The highest BCUT2D eigenvalue weighted by atomic mass is 32.2. The van der Waals surface area contributed by atoms with E-state index < -0.39 is 52.5 Å². The van der Waals surface area contributed by atoms with Gasteiger partial charge in [0.15, 0.2) is 12.4 Å². The second kappa shape index (κ2) is 13.7. The van der Waals surface area contributed by atoms with Crippen molar-refractivity contribution in [3.63, 3.8) is 0 Å². The molecule has 0 aromatic rings. The SMILES string of the molecule is CC(N)CCS(=O)(=O)OCO.NCCCS(=O)(=O)OC(CO)(CO)CO. The predicted octanol–water partition coefficient (Wildman–Crippen LogP) is -3.58. The minimum absolute atomic E-state index is 0.148. The van der Waals surface area contributed by atoms with E-state index in [9.17, 15) is 16.8 Å². The minimum atomic E-state index is -3.90. The van der Waals surface area contributed by atoms with Crippen LogP contribution in [0.25, 0.3) is 0 Å². The fraction of sp³-hybridized carbons (Fsp3) is 1.00. The molecule has 26 heavy (non-hydrogen) atoms. The third-order valence-electron chi connectivity index (χ3n) is 2.82. The Kier molecular flexibility index (Phi) is 14.7. The zero-order chi connectivity index (χ0) is 20.9. The Morgan fingerprint density at radius 2 is 1.46 bits per heavy atom. The molecule has 0 saturated heterocycles. The molecular formula is C12H30N2O10S2. The number of aliphatic hydroxyl groups excluding tert-OH is 4. The fourth-order valence-electron chi connectivity index (χ4n) is 1.27. The summed E-state index contributed by atoms with van der Waals surface area (Å²) in [6.45, 7) is -1.28. The van der Waals surface area contributed by atoms with Crippen molar-refractivity contribution in [3.05, 3.63) is 0 Å². The molecule has 0 aliphatic rings. The molecule has 1 unspecified atom stereocenters. The van der Waals surface area contributed by atoms with Crippen LogP contribution in [0, 0.1) is 0 Å². The lowest BCUT2D eigenvalue weighted by Crippen LogP contribution is -2.46. The van der Waals surface area contributed by atoms with Crippen LogP contribution in [0.5, 0.6) is 0 Å². The third-order valence-corrected chi connectivity index (χ3v) is 5.42. The van der Waals surface area contributed by atoms with E-state index in [1.807, 2.05) is 0 Å². The van der Waals surface area contributed by atoms with Gasteiger partial charge in [0, 0.05) is 6.04 Å². The topological polar surface area (TPSA) is 220 Å². The van der Waals surface area contributed by atoms with Gasteiger partial charge in [-0.3, -0.25) is 4.18 Å². The van der Waals surface area contributed by atoms with Crippen molar-refractivity contribution in [1.82, 2.24) is 0 Å². The summed E-state index contributed by atoms with van der Waals surface area (Å²) in [7, 11) is -7.45. The van der Waals surface area contributed by atoms with Crippen LogP contribution in [0.1, 0.15) is 19.8 Å². The Morgan fingerprint density at radius 1 is 0.962 bits per heavy atom. The number of hydrogen-bond donors (Lipinski definition) is 6. The van der Waals surface area contributed by atoms with Gasteiger partial charge in [0.2, 0.25) is 0 Å². The van der Waals surface area contributed by atoms with Crippen LogP contribution in [0.3, 0.4) is 0 Å². The van der Waals surface area contributed by atoms with Gasteiger partial charge in [-0.2, -0.15) is 16.8 Å². The van der Waals surface area contributed by atoms with Crippen molar-refractivity contribution in [1.29, 1.82) is 0 Å². The molecule has 0 saturated carbocycles. The van der Waals surface area contributed by atoms with Crippen molar-refractivity contribution < 1.29 is 45.6 Å². The Hall–Kier alpha value is -0.420. The molecule has 0 heterocycles. The lowest BCUT2D eigenvalue weighted by molar-refractivity contribution is -0.0638. The van der Waals surface area contributed by atoms with Gasteiger partial charge >= 0.3 is 0 Å². The normalized spacial score (nSPS) is 13.8. The molecule has 12 nitrogen and oxygen atoms in total. The highest BCUT2D eigenvalue weighted by Crippen LogP contribution is 2.14. The summed E-state index contributed by atoms with van der Waals surface area (Å²) in [4.78, 5) is 0. The summed E-state index contributed by atoms with van der Waals surface area (Å²) >= 11 is 0. The van der Waals surface area contributed by atoms with Crippen LogP contribution in [-0.2, 0) is 28.6 Å².